The van der Waals surface area contributed by atoms with Crippen molar-refractivity contribution < 1.29 is 14.6 Å². The number of imidazole rings is 1. The van der Waals surface area contributed by atoms with Crippen molar-refractivity contribution in [2.45, 2.75) is 13.0 Å². The van der Waals surface area contributed by atoms with E-state index < -0.39 is 12.1 Å². The molecule has 5 nitrogen and oxygen atoms in total. The molecule has 0 saturated carbocycles. The van der Waals surface area contributed by atoms with Crippen LogP contribution >= 0.6 is 0 Å². The number of hydrogen-bond donors (Lipinski definition) is 2. The highest BCUT2D eigenvalue weighted by atomic mass is 16.5. The van der Waals surface area contributed by atoms with E-state index in [1.807, 2.05) is 13.0 Å². The summed E-state index contributed by atoms with van der Waals surface area (Å²) in [7, 11) is 1.24. The van der Waals surface area contributed by atoms with Gasteiger partial charge in [-0.15, -0.1) is 0 Å². The van der Waals surface area contributed by atoms with Crippen LogP contribution in [0.3, 0.4) is 0 Å². The van der Waals surface area contributed by atoms with Crippen LogP contribution in [0.4, 0.5) is 0 Å². The molecule has 16 heavy (non-hydrogen) atoms. The number of rotatable bonds is 2. The molecule has 0 fully saturated rings. The number of hydrogen-bond acceptors (Lipinski definition) is 4. The Hall–Kier alpha value is -1.88. The predicted molar refractivity (Wildman–Crippen MR) is 57.8 cm³/mol. The van der Waals surface area contributed by atoms with Crippen molar-refractivity contribution in [1.82, 2.24) is 9.97 Å². The maximum atomic E-state index is 11.3. The van der Waals surface area contributed by atoms with Crippen LogP contribution in [0.1, 0.15) is 17.5 Å². The van der Waals surface area contributed by atoms with E-state index in [9.17, 15) is 9.90 Å². The van der Waals surface area contributed by atoms with Gasteiger partial charge in [0.2, 0.25) is 0 Å². The minimum atomic E-state index is -1.30. The molecule has 1 heterocycles. The van der Waals surface area contributed by atoms with Gasteiger partial charge in [-0.2, -0.15) is 0 Å². The number of nitrogens with zero attached hydrogens (tertiary/aromatic N) is 1. The van der Waals surface area contributed by atoms with Gasteiger partial charge >= 0.3 is 5.97 Å². The average molecular weight is 220 g/mol. The lowest BCUT2D eigenvalue weighted by molar-refractivity contribution is -0.150. The molecule has 0 aliphatic heterocycles. The van der Waals surface area contributed by atoms with Gasteiger partial charge in [0.25, 0.3) is 0 Å². The SMILES string of the molecule is COC(=O)C(O)c1cccc2[nH]c(C)nc12. The van der Waals surface area contributed by atoms with Crippen molar-refractivity contribution in [1.29, 1.82) is 0 Å². The van der Waals surface area contributed by atoms with Crippen LogP contribution in [0, 0.1) is 6.92 Å². The molecule has 0 radical (unpaired) electrons. The summed E-state index contributed by atoms with van der Waals surface area (Å²) < 4.78 is 4.50. The van der Waals surface area contributed by atoms with Crippen molar-refractivity contribution in [2.24, 2.45) is 0 Å². The van der Waals surface area contributed by atoms with Crippen LogP contribution < -0.4 is 0 Å². The van der Waals surface area contributed by atoms with Gasteiger partial charge < -0.3 is 14.8 Å². The summed E-state index contributed by atoms with van der Waals surface area (Å²) in [5.41, 5.74) is 1.84. The topological polar surface area (TPSA) is 75.2 Å². The monoisotopic (exact) mass is 220 g/mol. The number of methoxy groups -OCH3 is 1. The Bertz CT molecular complexity index is 533. The number of aliphatic hydroxyl groups excluding tert-OH is 1. The zero-order chi connectivity index (χ0) is 11.7. The molecular formula is C11H12N2O3. The van der Waals surface area contributed by atoms with Crippen LogP contribution in [-0.2, 0) is 9.53 Å². The van der Waals surface area contributed by atoms with Crippen LogP contribution in [-0.4, -0.2) is 28.2 Å². The molecule has 1 aromatic carbocycles. The summed E-state index contributed by atoms with van der Waals surface area (Å²) in [4.78, 5) is 18.5. The third-order valence-electron chi connectivity index (χ3n) is 2.38. The third kappa shape index (κ3) is 1.65. The smallest absolute Gasteiger partial charge is 0.339 e. The Morgan fingerprint density at radius 3 is 3.00 bits per heavy atom. The molecular weight excluding hydrogens is 208 g/mol. The molecule has 2 N–H and O–H groups in total. The van der Waals surface area contributed by atoms with Gasteiger partial charge in [-0.3, -0.25) is 0 Å². The number of benzene rings is 1. The first-order valence-electron chi connectivity index (χ1n) is 4.84. The molecule has 84 valence electrons. The van der Waals surface area contributed by atoms with Crippen LogP contribution in [0.15, 0.2) is 18.2 Å². The number of aryl methyl sites for hydroxylation is 1. The molecule has 1 aromatic heterocycles. The maximum absolute atomic E-state index is 11.3. The van der Waals surface area contributed by atoms with Crippen LogP contribution in [0.5, 0.6) is 0 Å². The number of ether oxygens (including phenoxy) is 1. The minimum absolute atomic E-state index is 0.453. The highest BCUT2D eigenvalue weighted by molar-refractivity contribution is 5.86. The van der Waals surface area contributed by atoms with Gasteiger partial charge in [0.05, 0.1) is 18.1 Å². The maximum Gasteiger partial charge on any atom is 0.339 e. The van der Waals surface area contributed by atoms with Gasteiger partial charge in [0.15, 0.2) is 6.10 Å². The molecule has 2 aromatic rings. The van der Waals surface area contributed by atoms with E-state index in [2.05, 4.69) is 14.7 Å². The number of nitrogens with one attached hydrogen (secondary N) is 1. The van der Waals surface area contributed by atoms with Gasteiger partial charge in [0.1, 0.15) is 5.82 Å². The first-order chi connectivity index (χ1) is 7.63. The lowest BCUT2D eigenvalue weighted by Gasteiger charge is -2.08. The summed E-state index contributed by atoms with van der Waals surface area (Å²) >= 11 is 0. The molecule has 0 amide bonds. The van der Waals surface area contributed by atoms with E-state index in [-0.39, 0.29) is 0 Å². The van der Waals surface area contributed by atoms with E-state index >= 15 is 0 Å². The van der Waals surface area contributed by atoms with E-state index in [1.54, 1.807) is 12.1 Å². The normalized spacial score (nSPS) is 12.7. The lowest BCUT2D eigenvalue weighted by Crippen LogP contribution is -2.13. The molecule has 0 aliphatic rings. The predicted octanol–water partition coefficient (Wildman–Crippen LogP) is 1.08. The fraction of sp³-hybridized carbons (Fsp3) is 0.273. The molecule has 1 unspecified atom stereocenters. The van der Waals surface area contributed by atoms with Gasteiger partial charge in [-0.05, 0) is 13.0 Å². The Balaban J connectivity index is 2.55. The number of fused-ring (bicyclic) bond motifs is 1. The fourth-order valence-corrected chi connectivity index (χ4v) is 1.64. The third-order valence-corrected chi connectivity index (χ3v) is 2.38. The molecule has 5 heteroatoms. The summed E-state index contributed by atoms with van der Waals surface area (Å²) in [5, 5.41) is 9.77. The van der Waals surface area contributed by atoms with Crippen LogP contribution in [0.25, 0.3) is 11.0 Å². The van der Waals surface area contributed by atoms with Gasteiger partial charge in [-0.1, -0.05) is 12.1 Å². The number of aliphatic hydroxyl groups is 1. The lowest BCUT2D eigenvalue weighted by atomic mass is 10.1. The molecule has 1 atom stereocenters. The van der Waals surface area contributed by atoms with Gasteiger partial charge in [0, 0.05) is 5.56 Å². The number of carbonyl (C=O) groups is 1. The number of aromatic nitrogens is 2. The molecule has 0 bridgehead atoms. The minimum Gasteiger partial charge on any atom is -0.467 e. The van der Waals surface area contributed by atoms with E-state index in [0.29, 0.717) is 11.1 Å². The van der Waals surface area contributed by atoms with E-state index in [4.69, 9.17) is 0 Å². The largest absolute Gasteiger partial charge is 0.467 e. The Labute approximate surface area is 92.1 Å². The second kappa shape index (κ2) is 3.94. The zero-order valence-electron chi connectivity index (χ0n) is 9.02. The second-order valence-electron chi connectivity index (χ2n) is 3.49. The summed E-state index contributed by atoms with van der Waals surface area (Å²) in [5.74, 6) is 0.0488. The van der Waals surface area contributed by atoms with Crippen LogP contribution in [0.2, 0.25) is 0 Å². The number of carbonyl (C=O) groups excluding carboxylic acids is 1. The number of esters is 1. The highest BCUT2D eigenvalue weighted by Gasteiger charge is 2.21. The summed E-state index contributed by atoms with van der Waals surface area (Å²) in [6.45, 7) is 1.81. The Kier molecular flexibility index (Phi) is 2.62. The Morgan fingerprint density at radius 2 is 2.31 bits per heavy atom. The average Bonchev–Trinajstić information content (AvgIpc) is 2.66. The summed E-state index contributed by atoms with van der Waals surface area (Å²) in [6.07, 6.45) is -1.30. The standard InChI is InChI=1S/C11H12N2O3/c1-6-12-8-5-3-4-7(9(8)13-6)10(14)11(15)16-2/h3-5,10,14H,1-2H3,(H,12,13). The van der Waals surface area contributed by atoms with Crippen molar-refractivity contribution in [3.8, 4) is 0 Å². The Morgan fingerprint density at radius 1 is 1.56 bits per heavy atom. The molecule has 2 rings (SSSR count). The second-order valence-corrected chi connectivity index (χ2v) is 3.49. The van der Waals surface area contributed by atoms with Crippen molar-refractivity contribution >= 4 is 17.0 Å². The van der Waals surface area contributed by atoms with Gasteiger partial charge in [-0.25, -0.2) is 9.78 Å². The fourth-order valence-electron chi connectivity index (χ4n) is 1.64. The number of H-pyrrole nitrogens is 1. The molecule has 0 aliphatic carbocycles. The van der Waals surface area contributed by atoms with Crippen molar-refractivity contribution in [2.75, 3.05) is 7.11 Å². The van der Waals surface area contributed by atoms with Crippen molar-refractivity contribution in [3.63, 3.8) is 0 Å². The van der Waals surface area contributed by atoms with E-state index in [0.717, 1.165) is 11.3 Å². The summed E-state index contributed by atoms with van der Waals surface area (Å²) in [6, 6.07) is 5.24. The first-order valence-corrected chi connectivity index (χ1v) is 4.84. The van der Waals surface area contributed by atoms with E-state index in [1.165, 1.54) is 7.11 Å². The molecule has 0 saturated heterocycles. The number of aromatic amines is 1. The van der Waals surface area contributed by atoms with Crippen molar-refractivity contribution in [3.05, 3.63) is 29.6 Å². The highest BCUT2D eigenvalue weighted by Crippen LogP contribution is 2.23. The zero-order valence-corrected chi connectivity index (χ0v) is 9.02. The molecule has 0 spiro atoms. The quantitative estimate of drug-likeness (QED) is 0.742. The number of para-hydroxylation sites is 1. The first kappa shape index (κ1) is 10.6.